The number of carbonyl (C=O) groups is 1. The number of nitrogens with one attached hydrogen (secondary N) is 2. The number of morpholine rings is 1. The Hall–Kier alpha value is -2.56. The van der Waals surface area contributed by atoms with E-state index in [1.165, 1.54) is 6.20 Å². The molecule has 1 aromatic rings. The second-order valence-electron chi connectivity index (χ2n) is 5.26. The van der Waals surface area contributed by atoms with Gasteiger partial charge >= 0.3 is 0 Å². The molecule has 7 heteroatoms. The van der Waals surface area contributed by atoms with Crippen molar-refractivity contribution in [1.82, 2.24) is 10.2 Å². The highest BCUT2D eigenvalue weighted by atomic mass is 16.5. The number of amides is 1. The van der Waals surface area contributed by atoms with Crippen molar-refractivity contribution in [2.24, 2.45) is 0 Å². The van der Waals surface area contributed by atoms with E-state index in [1.54, 1.807) is 13.2 Å². The molecule has 1 saturated heterocycles. The number of hydrogen-bond donors (Lipinski definition) is 2. The lowest BCUT2D eigenvalue weighted by Gasteiger charge is -2.26. The minimum Gasteiger partial charge on any atom is -0.497 e. The molecule has 0 aromatic heterocycles. The number of methoxy groups -OCH3 is 1. The first-order chi connectivity index (χ1) is 11.7. The highest BCUT2D eigenvalue weighted by Gasteiger charge is 2.12. The molecule has 1 amide bonds. The van der Waals surface area contributed by atoms with E-state index in [-0.39, 0.29) is 11.5 Å². The summed E-state index contributed by atoms with van der Waals surface area (Å²) in [5.41, 5.74) is 0.767. The second kappa shape index (κ2) is 9.55. The third-order valence-corrected chi connectivity index (χ3v) is 3.64. The van der Waals surface area contributed by atoms with Crippen LogP contribution in [0.4, 0.5) is 5.69 Å². The Balaban J connectivity index is 1.82. The first-order valence-electron chi connectivity index (χ1n) is 7.82. The van der Waals surface area contributed by atoms with Crippen molar-refractivity contribution in [1.29, 1.82) is 5.26 Å². The second-order valence-corrected chi connectivity index (χ2v) is 5.26. The zero-order valence-electron chi connectivity index (χ0n) is 13.7. The van der Waals surface area contributed by atoms with Gasteiger partial charge in [0.2, 0.25) is 0 Å². The maximum atomic E-state index is 12.1. The van der Waals surface area contributed by atoms with E-state index in [2.05, 4.69) is 15.5 Å². The summed E-state index contributed by atoms with van der Waals surface area (Å²) in [6.07, 6.45) is 1.40. The number of nitriles is 1. The molecule has 1 fully saturated rings. The number of benzene rings is 1. The lowest BCUT2D eigenvalue weighted by molar-refractivity contribution is -0.117. The van der Waals surface area contributed by atoms with Crippen LogP contribution >= 0.6 is 0 Å². The fourth-order valence-corrected chi connectivity index (χ4v) is 2.26. The van der Waals surface area contributed by atoms with Crippen LogP contribution in [0.1, 0.15) is 0 Å². The Morgan fingerprint density at radius 2 is 2.25 bits per heavy atom. The van der Waals surface area contributed by atoms with Gasteiger partial charge < -0.3 is 20.1 Å². The van der Waals surface area contributed by atoms with Crippen LogP contribution in [0.25, 0.3) is 0 Å². The smallest absolute Gasteiger partial charge is 0.263 e. The van der Waals surface area contributed by atoms with E-state index in [9.17, 15) is 4.79 Å². The highest BCUT2D eigenvalue weighted by Crippen LogP contribution is 2.16. The van der Waals surface area contributed by atoms with Crippen molar-refractivity contribution in [3.8, 4) is 11.8 Å². The lowest BCUT2D eigenvalue weighted by atomic mass is 10.2. The minimum atomic E-state index is -0.388. The average Bonchev–Trinajstić information content (AvgIpc) is 2.63. The zero-order valence-corrected chi connectivity index (χ0v) is 13.7. The lowest BCUT2D eigenvalue weighted by Crippen LogP contribution is -2.41. The molecule has 1 aliphatic heterocycles. The number of anilines is 1. The van der Waals surface area contributed by atoms with Gasteiger partial charge in [-0.05, 0) is 12.1 Å². The molecule has 0 aliphatic carbocycles. The molecule has 0 saturated carbocycles. The van der Waals surface area contributed by atoms with Gasteiger partial charge in [-0.2, -0.15) is 5.26 Å². The van der Waals surface area contributed by atoms with Gasteiger partial charge in [0.25, 0.3) is 5.91 Å². The predicted octanol–water partition coefficient (Wildman–Crippen LogP) is 0.963. The molecule has 24 heavy (non-hydrogen) atoms. The molecule has 1 heterocycles. The summed E-state index contributed by atoms with van der Waals surface area (Å²) in [7, 11) is 1.58. The molecule has 0 bridgehead atoms. The van der Waals surface area contributed by atoms with E-state index in [4.69, 9.17) is 14.7 Å². The van der Waals surface area contributed by atoms with Gasteiger partial charge in [-0.15, -0.1) is 0 Å². The van der Waals surface area contributed by atoms with Gasteiger partial charge in [-0.1, -0.05) is 6.07 Å². The first kappa shape index (κ1) is 17.8. The molecule has 1 aromatic carbocycles. The van der Waals surface area contributed by atoms with E-state index >= 15 is 0 Å². The molecular formula is C17H22N4O3. The number of hydrogen-bond acceptors (Lipinski definition) is 6. The van der Waals surface area contributed by atoms with Gasteiger partial charge in [0.05, 0.1) is 20.3 Å². The highest BCUT2D eigenvalue weighted by molar-refractivity contribution is 5.97. The standard InChI is InChI=1S/C17H22N4O3/c1-23-16-4-2-3-15(11-16)20-13-14(12-18)17(22)19-5-6-21-7-9-24-10-8-21/h2-4,11,13,20H,5-10H2,1H3,(H,19,22)/b14-13-. The van der Waals surface area contributed by atoms with Crippen LogP contribution in [0.2, 0.25) is 0 Å². The van der Waals surface area contributed by atoms with Crippen LogP contribution in [-0.4, -0.2) is 57.3 Å². The van der Waals surface area contributed by atoms with E-state index in [0.29, 0.717) is 12.3 Å². The molecule has 1 aliphatic rings. The number of carbonyl (C=O) groups excluding carboxylic acids is 1. The molecular weight excluding hydrogens is 308 g/mol. The van der Waals surface area contributed by atoms with Crippen molar-refractivity contribution in [2.45, 2.75) is 0 Å². The van der Waals surface area contributed by atoms with Crippen molar-refractivity contribution in [2.75, 3.05) is 51.8 Å². The maximum Gasteiger partial charge on any atom is 0.263 e. The topological polar surface area (TPSA) is 86.6 Å². The number of ether oxygens (including phenoxy) is 2. The molecule has 2 rings (SSSR count). The SMILES string of the molecule is COc1cccc(N/C=C(/C#N)C(=O)NCCN2CCOCC2)c1. The van der Waals surface area contributed by atoms with E-state index in [1.807, 2.05) is 24.3 Å². The molecule has 0 unspecified atom stereocenters. The van der Waals surface area contributed by atoms with E-state index < -0.39 is 0 Å². The minimum absolute atomic E-state index is 0.0276. The summed E-state index contributed by atoms with van der Waals surface area (Å²) in [6, 6.07) is 9.15. The first-order valence-corrected chi connectivity index (χ1v) is 7.82. The summed E-state index contributed by atoms with van der Waals surface area (Å²) in [5, 5.41) is 14.9. The summed E-state index contributed by atoms with van der Waals surface area (Å²) in [4.78, 5) is 14.3. The third kappa shape index (κ3) is 5.57. The quantitative estimate of drug-likeness (QED) is 0.572. The van der Waals surface area contributed by atoms with Crippen LogP contribution in [0, 0.1) is 11.3 Å². The number of rotatable bonds is 7. The molecule has 0 spiro atoms. The van der Waals surface area contributed by atoms with Crippen LogP contribution in [0.3, 0.4) is 0 Å². The van der Waals surface area contributed by atoms with Crippen molar-refractivity contribution in [3.05, 3.63) is 36.0 Å². The monoisotopic (exact) mass is 330 g/mol. The van der Waals surface area contributed by atoms with Crippen LogP contribution in [-0.2, 0) is 9.53 Å². The van der Waals surface area contributed by atoms with Gasteiger partial charge in [0, 0.05) is 44.1 Å². The summed E-state index contributed by atoms with van der Waals surface area (Å²) >= 11 is 0. The van der Waals surface area contributed by atoms with Gasteiger partial charge in [-0.3, -0.25) is 9.69 Å². The van der Waals surface area contributed by atoms with Gasteiger partial charge in [-0.25, -0.2) is 0 Å². The fraction of sp³-hybridized carbons (Fsp3) is 0.412. The molecule has 7 nitrogen and oxygen atoms in total. The number of nitrogens with zero attached hydrogens (tertiary/aromatic N) is 2. The van der Waals surface area contributed by atoms with Crippen molar-refractivity contribution < 1.29 is 14.3 Å². The molecule has 0 radical (unpaired) electrons. The average molecular weight is 330 g/mol. The third-order valence-electron chi connectivity index (χ3n) is 3.64. The zero-order chi connectivity index (χ0) is 17.2. The Morgan fingerprint density at radius 1 is 1.46 bits per heavy atom. The Bertz CT molecular complexity index is 619. The molecule has 2 N–H and O–H groups in total. The normalized spacial score (nSPS) is 15.4. The Kier molecular flexibility index (Phi) is 7.08. The Labute approximate surface area is 141 Å². The van der Waals surface area contributed by atoms with Gasteiger partial charge in [0.1, 0.15) is 17.4 Å². The van der Waals surface area contributed by atoms with Crippen LogP contribution < -0.4 is 15.4 Å². The predicted molar refractivity (Wildman–Crippen MR) is 90.6 cm³/mol. The van der Waals surface area contributed by atoms with Crippen LogP contribution in [0.15, 0.2) is 36.0 Å². The van der Waals surface area contributed by atoms with Gasteiger partial charge in [0.15, 0.2) is 0 Å². The largest absolute Gasteiger partial charge is 0.497 e. The maximum absolute atomic E-state index is 12.1. The summed E-state index contributed by atoms with van der Waals surface area (Å²) < 4.78 is 10.4. The van der Waals surface area contributed by atoms with Crippen molar-refractivity contribution >= 4 is 11.6 Å². The Morgan fingerprint density at radius 3 is 2.96 bits per heavy atom. The molecule has 128 valence electrons. The molecule has 0 atom stereocenters. The van der Waals surface area contributed by atoms with E-state index in [0.717, 1.165) is 38.5 Å². The summed E-state index contributed by atoms with van der Waals surface area (Å²) in [5.74, 6) is 0.308. The fourth-order valence-electron chi connectivity index (χ4n) is 2.26. The summed E-state index contributed by atoms with van der Waals surface area (Å²) in [6.45, 7) is 4.43. The van der Waals surface area contributed by atoms with Crippen LogP contribution in [0.5, 0.6) is 5.75 Å². The van der Waals surface area contributed by atoms with Crippen molar-refractivity contribution in [3.63, 3.8) is 0 Å².